The molecule has 37 heavy (non-hydrogen) atoms. The van der Waals surface area contributed by atoms with E-state index in [1.807, 2.05) is 71.8 Å². The number of hydrogen-bond donors (Lipinski definition) is 2. The van der Waals surface area contributed by atoms with E-state index in [0.29, 0.717) is 21.6 Å². The first-order chi connectivity index (χ1) is 17.7. The van der Waals surface area contributed by atoms with Crippen LogP contribution < -0.4 is 19.7 Å². The second-order valence-corrected chi connectivity index (χ2v) is 11.1. The summed E-state index contributed by atoms with van der Waals surface area (Å²) in [5.41, 5.74) is 3.78. The normalized spacial score (nSPS) is 17.5. The molecule has 0 radical (unpaired) electrons. The first-order valence-electron chi connectivity index (χ1n) is 11.3. The molecule has 5 rings (SSSR count). The van der Waals surface area contributed by atoms with Crippen molar-refractivity contribution >= 4 is 50.3 Å². The molecule has 1 fully saturated rings. The second kappa shape index (κ2) is 10.0. The van der Waals surface area contributed by atoms with E-state index in [4.69, 9.17) is 28.6 Å². The molecule has 3 heterocycles. The fourth-order valence-electron chi connectivity index (χ4n) is 4.54. The largest absolute Gasteiger partial charge is 0.494 e. The first-order valence-corrected chi connectivity index (χ1v) is 14.0. The smallest absolute Gasteiger partial charge is 0.229 e. The number of hydrogen-bond acceptors (Lipinski definition) is 5. The van der Waals surface area contributed by atoms with Gasteiger partial charge in [-0.3, -0.25) is 9.71 Å². The summed E-state index contributed by atoms with van der Waals surface area (Å²) < 4.78 is 33.8. The Labute approximate surface area is 225 Å². The Bertz CT molecular complexity index is 1560. The van der Waals surface area contributed by atoms with E-state index >= 15 is 0 Å². The van der Waals surface area contributed by atoms with Gasteiger partial charge in [0, 0.05) is 40.6 Å². The highest BCUT2D eigenvalue weighted by Gasteiger charge is 2.42. The number of nitrogens with zero attached hydrogens (tertiary/aromatic N) is 3. The topological polar surface area (TPSA) is 88.5 Å². The van der Waals surface area contributed by atoms with Crippen molar-refractivity contribution < 1.29 is 13.2 Å². The lowest BCUT2D eigenvalue weighted by molar-refractivity contribution is 0.417. The van der Waals surface area contributed by atoms with Crippen molar-refractivity contribution in [2.45, 2.75) is 12.1 Å². The summed E-state index contributed by atoms with van der Waals surface area (Å²) in [4.78, 5) is 6.61. The van der Waals surface area contributed by atoms with Crippen LogP contribution in [0.15, 0.2) is 85.2 Å². The minimum absolute atomic E-state index is 0.263. The maximum Gasteiger partial charge on any atom is 0.229 e. The van der Waals surface area contributed by atoms with Crippen molar-refractivity contribution in [1.82, 2.24) is 14.9 Å². The quantitative estimate of drug-likeness (QED) is 0.308. The van der Waals surface area contributed by atoms with E-state index in [1.165, 1.54) is 7.11 Å². The standard InChI is InChI=1S/C26H24ClN5O3S2/c1-35-23-16-19(11-12-20(23)30-37(2,33)34)32-25(24(29-26(32)36)21-9-3-4-13-28-21)22-10-6-14-31(22)18-8-5-7-17(27)15-18/h3-16,24-25,30H,1-2H3,(H,29,36)/t24-,25-/m1/s1. The molecule has 2 atom stereocenters. The summed E-state index contributed by atoms with van der Waals surface area (Å²) in [6.45, 7) is 0. The second-order valence-electron chi connectivity index (χ2n) is 8.54. The molecule has 0 bridgehead atoms. The SMILES string of the molecule is COc1cc(N2C(=S)N[C@H](c3ccccn3)[C@H]2c2cccn2-c2cccc(Cl)c2)ccc1NS(C)(=O)=O. The number of anilines is 2. The Morgan fingerprint density at radius 3 is 2.59 bits per heavy atom. The number of nitrogens with one attached hydrogen (secondary N) is 2. The van der Waals surface area contributed by atoms with Crippen LogP contribution in [0.4, 0.5) is 11.4 Å². The zero-order valence-electron chi connectivity index (χ0n) is 20.0. The van der Waals surface area contributed by atoms with Gasteiger partial charge in [0.2, 0.25) is 10.0 Å². The summed E-state index contributed by atoms with van der Waals surface area (Å²) in [7, 11) is -2.00. The zero-order valence-corrected chi connectivity index (χ0v) is 22.4. The summed E-state index contributed by atoms with van der Waals surface area (Å²) >= 11 is 12.1. The van der Waals surface area contributed by atoms with Crippen LogP contribution in [0.5, 0.6) is 5.75 Å². The number of aromatic nitrogens is 2. The molecule has 1 aliphatic rings. The van der Waals surface area contributed by atoms with Crippen molar-refractivity contribution in [3.05, 3.63) is 102 Å². The third kappa shape index (κ3) is 5.13. The maximum atomic E-state index is 11.8. The molecule has 0 saturated carbocycles. The van der Waals surface area contributed by atoms with Crippen molar-refractivity contribution in [1.29, 1.82) is 0 Å². The summed E-state index contributed by atoms with van der Waals surface area (Å²) in [5, 5.41) is 4.58. The molecule has 2 aromatic carbocycles. The molecular weight excluding hydrogens is 530 g/mol. The summed E-state index contributed by atoms with van der Waals surface area (Å²) in [6.07, 6.45) is 4.83. The van der Waals surface area contributed by atoms with Crippen LogP contribution >= 0.6 is 23.8 Å². The van der Waals surface area contributed by atoms with Gasteiger partial charge >= 0.3 is 0 Å². The molecule has 0 aliphatic carbocycles. The van der Waals surface area contributed by atoms with Gasteiger partial charge in [-0.1, -0.05) is 23.7 Å². The van der Waals surface area contributed by atoms with Crippen LogP contribution in [-0.4, -0.2) is 36.4 Å². The molecule has 0 unspecified atom stereocenters. The predicted octanol–water partition coefficient (Wildman–Crippen LogP) is 5.08. The average molecular weight is 554 g/mol. The van der Waals surface area contributed by atoms with Gasteiger partial charge in [0.25, 0.3) is 0 Å². The zero-order chi connectivity index (χ0) is 26.2. The van der Waals surface area contributed by atoms with Gasteiger partial charge < -0.3 is 19.5 Å². The van der Waals surface area contributed by atoms with E-state index in [2.05, 4.69) is 19.6 Å². The molecule has 1 aliphatic heterocycles. The Morgan fingerprint density at radius 1 is 1.05 bits per heavy atom. The van der Waals surface area contributed by atoms with E-state index in [9.17, 15) is 8.42 Å². The monoisotopic (exact) mass is 553 g/mol. The van der Waals surface area contributed by atoms with E-state index in [-0.39, 0.29) is 12.1 Å². The number of benzene rings is 2. The molecule has 8 nitrogen and oxygen atoms in total. The van der Waals surface area contributed by atoms with Gasteiger partial charge in [-0.25, -0.2) is 8.42 Å². The van der Waals surface area contributed by atoms with Crippen LogP contribution in [-0.2, 0) is 10.0 Å². The van der Waals surface area contributed by atoms with Gasteiger partial charge in [-0.05, 0) is 66.8 Å². The van der Waals surface area contributed by atoms with Gasteiger partial charge in [0.05, 0.1) is 30.8 Å². The van der Waals surface area contributed by atoms with Crippen molar-refractivity contribution in [3.8, 4) is 11.4 Å². The molecule has 2 N–H and O–H groups in total. The fraction of sp³-hybridized carbons (Fsp3) is 0.154. The number of pyridine rings is 1. The lowest BCUT2D eigenvalue weighted by Gasteiger charge is -2.29. The number of thiocarbonyl (C=S) groups is 1. The molecule has 2 aromatic heterocycles. The molecule has 1 saturated heterocycles. The van der Waals surface area contributed by atoms with Gasteiger partial charge in [0.1, 0.15) is 11.8 Å². The predicted molar refractivity (Wildman–Crippen MR) is 150 cm³/mol. The lowest BCUT2D eigenvalue weighted by Crippen LogP contribution is -2.30. The Morgan fingerprint density at radius 2 is 1.89 bits per heavy atom. The van der Waals surface area contributed by atoms with Crippen molar-refractivity contribution in [2.75, 3.05) is 23.0 Å². The van der Waals surface area contributed by atoms with Crippen molar-refractivity contribution in [2.24, 2.45) is 0 Å². The Balaban J connectivity index is 1.65. The van der Waals surface area contributed by atoms with Crippen LogP contribution in [0.2, 0.25) is 5.02 Å². The maximum absolute atomic E-state index is 11.8. The average Bonchev–Trinajstić information content (AvgIpc) is 3.48. The minimum Gasteiger partial charge on any atom is -0.494 e. The van der Waals surface area contributed by atoms with Gasteiger partial charge in [-0.15, -0.1) is 0 Å². The summed E-state index contributed by atoms with van der Waals surface area (Å²) in [5.74, 6) is 0.371. The number of rotatable bonds is 7. The van der Waals surface area contributed by atoms with Gasteiger partial charge in [0.15, 0.2) is 5.11 Å². The third-order valence-electron chi connectivity index (χ3n) is 6.03. The Hall–Kier alpha value is -3.60. The molecular formula is C26H24ClN5O3S2. The van der Waals surface area contributed by atoms with E-state index in [1.54, 1.807) is 18.3 Å². The number of sulfonamides is 1. The summed E-state index contributed by atoms with van der Waals surface area (Å²) in [6, 6.07) is 22.1. The minimum atomic E-state index is -3.49. The van der Waals surface area contributed by atoms with Crippen molar-refractivity contribution in [3.63, 3.8) is 0 Å². The van der Waals surface area contributed by atoms with E-state index < -0.39 is 10.0 Å². The van der Waals surface area contributed by atoms with Crippen LogP contribution in [0, 0.1) is 0 Å². The third-order valence-corrected chi connectivity index (χ3v) is 7.17. The van der Waals surface area contributed by atoms with E-state index in [0.717, 1.165) is 29.0 Å². The number of methoxy groups -OCH3 is 1. The highest BCUT2D eigenvalue weighted by molar-refractivity contribution is 7.92. The van der Waals surface area contributed by atoms with Crippen LogP contribution in [0.25, 0.3) is 5.69 Å². The number of ether oxygens (including phenoxy) is 1. The first kappa shape index (κ1) is 25.1. The molecule has 0 spiro atoms. The highest BCUT2D eigenvalue weighted by atomic mass is 35.5. The molecule has 4 aromatic rings. The van der Waals surface area contributed by atoms with Crippen LogP contribution in [0.1, 0.15) is 23.5 Å². The van der Waals surface area contributed by atoms with Gasteiger partial charge in [-0.2, -0.15) is 0 Å². The molecule has 190 valence electrons. The fourth-order valence-corrected chi connectivity index (χ4v) is 5.64. The lowest BCUT2D eigenvalue weighted by atomic mass is 10.0. The molecule has 11 heteroatoms. The van der Waals surface area contributed by atoms with Crippen LogP contribution in [0.3, 0.4) is 0 Å². The highest BCUT2D eigenvalue weighted by Crippen LogP contribution is 2.44. The molecule has 0 amide bonds. The Kier molecular flexibility index (Phi) is 6.80. The number of halogens is 1.